The van der Waals surface area contributed by atoms with Gasteiger partial charge in [-0.2, -0.15) is 0 Å². The molecular weight excluding hydrogens is 366 g/mol. The summed E-state index contributed by atoms with van der Waals surface area (Å²) in [4.78, 5) is 4.23. The first-order valence-corrected chi connectivity index (χ1v) is 10.8. The molecule has 3 rings (SSSR count). The smallest absolute Gasteiger partial charge is 0.272 e. The highest BCUT2D eigenvalue weighted by atomic mass is 32.2. The largest absolute Gasteiger partial charge is 0.354 e. The van der Waals surface area contributed by atoms with Crippen molar-refractivity contribution in [2.24, 2.45) is 0 Å². The highest BCUT2D eigenvalue weighted by molar-refractivity contribution is 7.94. The quantitative estimate of drug-likeness (QED) is 0.610. The zero-order valence-electron chi connectivity index (χ0n) is 14.7. The summed E-state index contributed by atoms with van der Waals surface area (Å²) in [5.41, 5.74) is 4.41. The van der Waals surface area contributed by atoms with Crippen LogP contribution in [0.4, 0.5) is 17.2 Å². The molecule has 5 nitrogen and oxygen atoms in total. The number of hydrogen-bond donors (Lipinski definition) is 2. The molecule has 0 amide bonds. The van der Waals surface area contributed by atoms with Crippen molar-refractivity contribution in [3.8, 4) is 0 Å². The minimum Gasteiger partial charge on any atom is -0.354 e. The molecule has 0 aliphatic heterocycles. The molecule has 7 heteroatoms. The second kappa shape index (κ2) is 7.88. The molecule has 2 aromatic heterocycles. The van der Waals surface area contributed by atoms with E-state index in [0.29, 0.717) is 5.82 Å². The number of anilines is 3. The highest BCUT2D eigenvalue weighted by Crippen LogP contribution is 2.27. The van der Waals surface area contributed by atoms with E-state index >= 15 is 0 Å². The summed E-state index contributed by atoms with van der Waals surface area (Å²) in [5.74, 6) is 0.295. The Kier molecular flexibility index (Phi) is 5.58. The van der Waals surface area contributed by atoms with Crippen LogP contribution in [0.5, 0.6) is 0 Å². The third kappa shape index (κ3) is 4.05. The molecule has 1 aromatic carbocycles. The topological polar surface area (TPSA) is 71.1 Å². The van der Waals surface area contributed by atoms with E-state index in [4.69, 9.17) is 0 Å². The Morgan fingerprint density at radius 1 is 1.00 bits per heavy atom. The Balaban J connectivity index is 1.79. The number of benzene rings is 1. The van der Waals surface area contributed by atoms with Gasteiger partial charge in [-0.25, -0.2) is 13.4 Å². The number of hydrogen-bond acceptors (Lipinski definition) is 5. The van der Waals surface area contributed by atoms with Crippen molar-refractivity contribution in [1.82, 2.24) is 4.98 Å². The van der Waals surface area contributed by atoms with Crippen LogP contribution in [0.1, 0.15) is 25.0 Å². The van der Waals surface area contributed by atoms with Gasteiger partial charge in [0.15, 0.2) is 0 Å². The Bertz CT molecular complexity index is 944. The maximum absolute atomic E-state index is 12.2. The molecule has 3 aromatic rings. The molecule has 26 heavy (non-hydrogen) atoms. The minimum atomic E-state index is -3.58. The van der Waals surface area contributed by atoms with Gasteiger partial charge in [-0.1, -0.05) is 38.1 Å². The predicted octanol–water partition coefficient (Wildman–Crippen LogP) is 4.81. The summed E-state index contributed by atoms with van der Waals surface area (Å²) < 4.78 is 27.3. The number of aryl methyl sites for hydroxylation is 2. The van der Waals surface area contributed by atoms with Crippen LogP contribution < -0.4 is 10.0 Å². The van der Waals surface area contributed by atoms with Gasteiger partial charge in [-0.15, -0.1) is 11.3 Å². The molecule has 0 aliphatic rings. The van der Waals surface area contributed by atoms with Crippen molar-refractivity contribution in [2.75, 3.05) is 10.0 Å². The molecule has 0 spiro atoms. The molecule has 0 atom stereocenters. The average Bonchev–Trinajstić information content (AvgIpc) is 3.19. The second-order valence-electron chi connectivity index (χ2n) is 5.75. The number of pyridine rings is 1. The molecular formula is C19H21N3O2S2. The lowest BCUT2D eigenvalue weighted by Gasteiger charge is -2.15. The van der Waals surface area contributed by atoms with Crippen LogP contribution in [0.2, 0.25) is 0 Å². The summed E-state index contributed by atoms with van der Waals surface area (Å²) in [6.07, 6.45) is 3.50. The SMILES string of the molecule is CCc1cccc(CC)c1Nc1ccc(NS(=O)(=O)c2cccs2)nc1. The fourth-order valence-corrected chi connectivity index (χ4v) is 4.68. The van der Waals surface area contributed by atoms with Crippen molar-refractivity contribution in [2.45, 2.75) is 30.9 Å². The lowest BCUT2D eigenvalue weighted by Crippen LogP contribution is -2.12. The number of nitrogens with one attached hydrogen (secondary N) is 2. The van der Waals surface area contributed by atoms with Gasteiger partial charge in [-0.05, 0) is 47.5 Å². The first-order valence-electron chi connectivity index (χ1n) is 8.43. The van der Waals surface area contributed by atoms with E-state index in [-0.39, 0.29) is 4.21 Å². The second-order valence-corrected chi connectivity index (χ2v) is 8.61. The average molecular weight is 388 g/mol. The predicted molar refractivity (Wildman–Crippen MR) is 108 cm³/mol. The Labute approximate surface area is 158 Å². The fourth-order valence-electron chi connectivity index (χ4n) is 2.68. The Hall–Kier alpha value is -2.38. The molecule has 0 saturated heterocycles. The van der Waals surface area contributed by atoms with Crippen LogP contribution in [0.15, 0.2) is 58.3 Å². The third-order valence-corrected chi connectivity index (χ3v) is 6.78. The van der Waals surface area contributed by atoms with Gasteiger partial charge >= 0.3 is 0 Å². The van der Waals surface area contributed by atoms with Crippen molar-refractivity contribution >= 4 is 38.6 Å². The maximum Gasteiger partial charge on any atom is 0.272 e. The van der Waals surface area contributed by atoms with Crippen molar-refractivity contribution in [1.29, 1.82) is 0 Å². The van der Waals surface area contributed by atoms with Gasteiger partial charge in [0.2, 0.25) is 0 Å². The zero-order chi connectivity index (χ0) is 18.6. The number of thiophene rings is 1. The summed E-state index contributed by atoms with van der Waals surface area (Å²) in [5, 5.41) is 5.15. The van der Waals surface area contributed by atoms with Crippen molar-refractivity contribution < 1.29 is 8.42 Å². The van der Waals surface area contributed by atoms with E-state index in [2.05, 4.69) is 47.1 Å². The van der Waals surface area contributed by atoms with Gasteiger partial charge in [0.05, 0.1) is 11.9 Å². The first-order chi connectivity index (χ1) is 12.5. The Morgan fingerprint density at radius 3 is 2.27 bits per heavy atom. The van der Waals surface area contributed by atoms with E-state index < -0.39 is 10.0 Å². The molecule has 0 fully saturated rings. The van der Waals surface area contributed by atoms with Crippen LogP contribution in [0.25, 0.3) is 0 Å². The van der Waals surface area contributed by atoms with Gasteiger partial charge < -0.3 is 5.32 Å². The van der Waals surface area contributed by atoms with Gasteiger partial charge in [0.25, 0.3) is 10.0 Å². The van der Waals surface area contributed by atoms with Gasteiger partial charge in [0, 0.05) is 5.69 Å². The van der Waals surface area contributed by atoms with E-state index in [1.807, 2.05) is 6.07 Å². The summed E-state index contributed by atoms with van der Waals surface area (Å²) >= 11 is 1.17. The van der Waals surface area contributed by atoms with Crippen LogP contribution >= 0.6 is 11.3 Å². The van der Waals surface area contributed by atoms with Crippen LogP contribution in [-0.4, -0.2) is 13.4 Å². The standard InChI is InChI=1S/C19H21N3O2S2/c1-3-14-7-5-8-15(4-2)19(14)21-16-10-11-17(20-13-16)22-26(23,24)18-9-6-12-25-18/h5-13,21H,3-4H2,1-2H3,(H,20,22). The van der Waals surface area contributed by atoms with Gasteiger partial charge in [-0.3, -0.25) is 4.72 Å². The number of para-hydroxylation sites is 1. The minimum absolute atomic E-state index is 0.269. The van der Waals surface area contributed by atoms with E-state index in [0.717, 1.165) is 24.2 Å². The highest BCUT2D eigenvalue weighted by Gasteiger charge is 2.15. The first kappa shape index (κ1) is 18.4. The molecule has 2 heterocycles. The van der Waals surface area contributed by atoms with Crippen LogP contribution in [0.3, 0.4) is 0 Å². The third-order valence-electron chi connectivity index (χ3n) is 4.03. The lowest BCUT2D eigenvalue weighted by atomic mass is 10.0. The zero-order valence-corrected chi connectivity index (χ0v) is 16.3. The van der Waals surface area contributed by atoms with E-state index in [9.17, 15) is 8.42 Å². The summed E-state index contributed by atoms with van der Waals surface area (Å²) in [6.45, 7) is 4.25. The fraction of sp³-hybridized carbons (Fsp3) is 0.211. The van der Waals surface area contributed by atoms with E-state index in [1.54, 1.807) is 29.8 Å². The van der Waals surface area contributed by atoms with Crippen molar-refractivity contribution in [3.05, 3.63) is 65.2 Å². The lowest BCUT2D eigenvalue weighted by molar-refractivity contribution is 0.603. The monoisotopic (exact) mass is 387 g/mol. The molecule has 2 N–H and O–H groups in total. The number of nitrogens with zero attached hydrogens (tertiary/aromatic N) is 1. The Morgan fingerprint density at radius 2 is 1.73 bits per heavy atom. The molecule has 0 saturated carbocycles. The molecule has 0 unspecified atom stereocenters. The molecule has 0 aliphatic carbocycles. The molecule has 136 valence electrons. The normalized spacial score (nSPS) is 11.3. The maximum atomic E-state index is 12.2. The van der Waals surface area contributed by atoms with Crippen molar-refractivity contribution in [3.63, 3.8) is 0 Å². The number of sulfonamides is 1. The number of rotatable bonds is 7. The van der Waals surface area contributed by atoms with Gasteiger partial charge in [0.1, 0.15) is 10.0 Å². The van der Waals surface area contributed by atoms with E-state index in [1.165, 1.54) is 22.5 Å². The number of aromatic nitrogens is 1. The molecule has 0 radical (unpaired) electrons. The molecule has 0 bridgehead atoms. The summed E-state index contributed by atoms with van der Waals surface area (Å²) in [7, 11) is -3.58. The van der Waals surface area contributed by atoms with Crippen LogP contribution in [0, 0.1) is 0 Å². The summed E-state index contributed by atoms with van der Waals surface area (Å²) in [6, 6.07) is 13.0. The van der Waals surface area contributed by atoms with Crippen LogP contribution in [-0.2, 0) is 22.9 Å².